The van der Waals surface area contributed by atoms with Gasteiger partial charge in [0.05, 0.1) is 12.2 Å². The highest BCUT2D eigenvalue weighted by Gasteiger charge is 2.44. The molecule has 0 bridgehead atoms. The maximum Gasteiger partial charge on any atom is 0.0994 e. The predicted octanol–water partition coefficient (Wildman–Crippen LogP) is 0.772. The van der Waals surface area contributed by atoms with Gasteiger partial charge in [0, 0.05) is 6.04 Å². The molecule has 0 spiro atoms. The molecule has 10 heavy (non-hydrogen) atoms. The standard InChI is InChI=1S/C8H15NO/c1-5-3-4-9-7(5)8-6(2)10-8/h5-9H,3-4H2,1-2H3/t5?,6?,7-,8?/m0/s1. The second-order valence-corrected chi connectivity index (χ2v) is 3.55. The quantitative estimate of drug-likeness (QED) is 0.545. The van der Waals surface area contributed by atoms with E-state index in [4.69, 9.17) is 4.74 Å². The van der Waals surface area contributed by atoms with Crippen LogP contribution in [0.3, 0.4) is 0 Å². The normalized spacial score (nSPS) is 53.4. The van der Waals surface area contributed by atoms with Gasteiger partial charge in [0.2, 0.25) is 0 Å². The fraction of sp³-hybridized carbons (Fsp3) is 1.00. The van der Waals surface area contributed by atoms with E-state index in [1.165, 1.54) is 13.0 Å². The summed E-state index contributed by atoms with van der Waals surface area (Å²) in [7, 11) is 0. The minimum Gasteiger partial charge on any atom is -0.368 e. The van der Waals surface area contributed by atoms with E-state index in [2.05, 4.69) is 19.2 Å². The van der Waals surface area contributed by atoms with Gasteiger partial charge in [-0.05, 0) is 25.8 Å². The maximum atomic E-state index is 5.41. The molecule has 4 atom stereocenters. The molecule has 2 heterocycles. The van der Waals surface area contributed by atoms with Crippen LogP contribution in [0.1, 0.15) is 20.3 Å². The van der Waals surface area contributed by atoms with Crippen LogP contribution >= 0.6 is 0 Å². The van der Waals surface area contributed by atoms with Crippen molar-refractivity contribution in [2.45, 2.75) is 38.5 Å². The van der Waals surface area contributed by atoms with Crippen LogP contribution in [-0.4, -0.2) is 24.8 Å². The van der Waals surface area contributed by atoms with E-state index in [0.717, 1.165) is 5.92 Å². The third kappa shape index (κ3) is 0.956. The van der Waals surface area contributed by atoms with E-state index in [0.29, 0.717) is 18.2 Å². The van der Waals surface area contributed by atoms with Crippen LogP contribution in [-0.2, 0) is 4.74 Å². The Bertz CT molecular complexity index is 137. The molecule has 2 saturated heterocycles. The highest BCUT2D eigenvalue weighted by molar-refractivity contribution is 4.97. The van der Waals surface area contributed by atoms with E-state index in [9.17, 15) is 0 Å². The zero-order chi connectivity index (χ0) is 7.14. The number of epoxide rings is 1. The van der Waals surface area contributed by atoms with E-state index in [-0.39, 0.29) is 0 Å². The number of rotatable bonds is 1. The van der Waals surface area contributed by atoms with Gasteiger partial charge in [0.25, 0.3) is 0 Å². The van der Waals surface area contributed by atoms with Crippen molar-refractivity contribution in [3.8, 4) is 0 Å². The second kappa shape index (κ2) is 2.21. The molecule has 0 aromatic heterocycles. The van der Waals surface area contributed by atoms with Gasteiger partial charge in [0.15, 0.2) is 0 Å². The summed E-state index contributed by atoms with van der Waals surface area (Å²) in [5.41, 5.74) is 0. The number of nitrogens with one attached hydrogen (secondary N) is 1. The maximum absolute atomic E-state index is 5.41. The van der Waals surface area contributed by atoms with Crippen molar-refractivity contribution in [2.75, 3.05) is 6.54 Å². The molecule has 0 saturated carbocycles. The van der Waals surface area contributed by atoms with Crippen molar-refractivity contribution < 1.29 is 4.74 Å². The Morgan fingerprint density at radius 3 is 2.50 bits per heavy atom. The molecular weight excluding hydrogens is 126 g/mol. The molecule has 2 aliphatic heterocycles. The fourth-order valence-electron chi connectivity index (χ4n) is 1.88. The van der Waals surface area contributed by atoms with Gasteiger partial charge < -0.3 is 10.1 Å². The molecular formula is C8H15NO. The molecule has 2 fully saturated rings. The molecule has 2 aliphatic rings. The summed E-state index contributed by atoms with van der Waals surface area (Å²) in [6, 6.07) is 0.648. The van der Waals surface area contributed by atoms with Crippen molar-refractivity contribution in [3.63, 3.8) is 0 Å². The molecule has 0 amide bonds. The summed E-state index contributed by atoms with van der Waals surface area (Å²) in [4.78, 5) is 0. The molecule has 0 aromatic carbocycles. The van der Waals surface area contributed by atoms with Gasteiger partial charge >= 0.3 is 0 Å². The lowest BCUT2D eigenvalue weighted by Gasteiger charge is -2.11. The molecule has 0 aromatic rings. The molecule has 58 valence electrons. The monoisotopic (exact) mass is 141 g/mol. The lowest BCUT2D eigenvalue weighted by Crippen LogP contribution is -2.32. The van der Waals surface area contributed by atoms with Gasteiger partial charge in [-0.3, -0.25) is 0 Å². The summed E-state index contributed by atoms with van der Waals surface area (Å²) in [6.07, 6.45) is 2.35. The van der Waals surface area contributed by atoms with Crippen molar-refractivity contribution in [3.05, 3.63) is 0 Å². The van der Waals surface area contributed by atoms with Crippen molar-refractivity contribution in [1.82, 2.24) is 5.32 Å². The van der Waals surface area contributed by atoms with Crippen LogP contribution in [0.4, 0.5) is 0 Å². The fourth-order valence-corrected chi connectivity index (χ4v) is 1.88. The summed E-state index contributed by atoms with van der Waals surface area (Å²) in [6.45, 7) is 5.63. The Morgan fingerprint density at radius 2 is 2.10 bits per heavy atom. The van der Waals surface area contributed by atoms with Gasteiger partial charge in [0.1, 0.15) is 0 Å². The first kappa shape index (κ1) is 6.62. The third-order valence-corrected chi connectivity index (χ3v) is 2.70. The Kier molecular flexibility index (Phi) is 1.46. The van der Waals surface area contributed by atoms with E-state index >= 15 is 0 Å². The molecule has 2 rings (SSSR count). The number of hydrogen-bond donors (Lipinski definition) is 1. The largest absolute Gasteiger partial charge is 0.368 e. The number of hydrogen-bond acceptors (Lipinski definition) is 2. The highest BCUT2D eigenvalue weighted by atomic mass is 16.6. The van der Waals surface area contributed by atoms with E-state index in [1.807, 2.05) is 0 Å². The lowest BCUT2D eigenvalue weighted by atomic mass is 9.99. The average molecular weight is 141 g/mol. The smallest absolute Gasteiger partial charge is 0.0994 e. The van der Waals surface area contributed by atoms with Crippen molar-refractivity contribution in [1.29, 1.82) is 0 Å². The Morgan fingerprint density at radius 1 is 1.40 bits per heavy atom. The van der Waals surface area contributed by atoms with Crippen LogP contribution in [0.25, 0.3) is 0 Å². The van der Waals surface area contributed by atoms with Gasteiger partial charge in [-0.25, -0.2) is 0 Å². The van der Waals surface area contributed by atoms with Gasteiger partial charge in [-0.15, -0.1) is 0 Å². The molecule has 0 aliphatic carbocycles. The molecule has 2 heteroatoms. The van der Waals surface area contributed by atoms with Crippen molar-refractivity contribution in [2.24, 2.45) is 5.92 Å². The molecule has 3 unspecified atom stereocenters. The lowest BCUT2D eigenvalue weighted by molar-refractivity contribution is 0.317. The van der Waals surface area contributed by atoms with Gasteiger partial charge in [-0.2, -0.15) is 0 Å². The molecule has 2 nitrogen and oxygen atoms in total. The van der Waals surface area contributed by atoms with Crippen LogP contribution in [0.5, 0.6) is 0 Å². The van der Waals surface area contributed by atoms with Crippen molar-refractivity contribution >= 4 is 0 Å². The first-order chi connectivity index (χ1) is 4.79. The Labute approximate surface area is 61.9 Å². The summed E-state index contributed by atoms with van der Waals surface area (Å²) in [5, 5.41) is 3.47. The summed E-state index contributed by atoms with van der Waals surface area (Å²) >= 11 is 0. The number of ether oxygens (including phenoxy) is 1. The Hall–Kier alpha value is -0.0800. The average Bonchev–Trinajstić information content (AvgIpc) is 2.42. The predicted molar refractivity (Wildman–Crippen MR) is 39.9 cm³/mol. The zero-order valence-corrected chi connectivity index (χ0v) is 6.63. The topological polar surface area (TPSA) is 24.6 Å². The summed E-state index contributed by atoms with van der Waals surface area (Å²) in [5.74, 6) is 0.815. The third-order valence-electron chi connectivity index (χ3n) is 2.70. The second-order valence-electron chi connectivity index (χ2n) is 3.55. The first-order valence-electron chi connectivity index (χ1n) is 4.18. The highest BCUT2D eigenvalue weighted by Crippen LogP contribution is 2.31. The van der Waals surface area contributed by atoms with Crippen LogP contribution in [0.15, 0.2) is 0 Å². The Balaban J connectivity index is 1.92. The molecule has 1 N–H and O–H groups in total. The van der Waals surface area contributed by atoms with Crippen LogP contribution in [0, 0.1) is 5.92 Å². The van der Waals surface area contributed by atoms with Gasteiger partial charge in [-0.1, -0.05) is 6.92 Å². The minimum atomic E-state index is 0.512. The van der Waals surface area contributed by atoms with E-state index in [1.54, 1.807) is 0 Å². The molecule has 0 radical (unpaired) electrons. The SMILES string of the molecule is CC1OC1[C@H]1NCCC1C. The minimum absolute atomic E-state index is 0.512. The zero-order valence-electron chi connectivity index (χ0n) is 6.63. The van der Waals surface area contributed by atoms with Crippen LogP contribution < -0.4 is 5.32 Å². The van der Waals surface area contributed by atoms with Crippen LogP contribution in [0.2, 0.25) is 0 Å². The van der Waals surface area contributed by atoms with E-state index < -0.39 is 0 Å². The summed E-state index contributed by atoms with van der Waals surface area (Å²) < 4.78 is 5.41. The first-order valence-corrected chi connectivity index (χ1v) is 4.18.